The van der Waals surface area contributed by atoms with E-state index in [1.54, 1.807) is 0 Å². The minimum absolute atomic E-state index is 0.0158. The molecule has 1 aromatic heterocycles. The molecule has 5 nitrogen and oxygen atoms in total. The van der Waals surface area contributed by atoms with Crippen molar-refractivity contribution in [1.29, 1.82) is 0 Å². The Bertz CT molecular complexity index is 799. The van der Waals surface area contributed by atoms with Crippen LogP contribution in [0.2, 0.25) is 0 Å². The first kappa shape index (κ1) is 17.7. The van der Waals surface area contributed by atoms with Crippen LogP contribution in [-0.2, 0) is 15.8 Å². The van der Waals surface area contributed by atoms with Crippen molar-refractivity contribution in [2.45, 2.75) is 13.1 Å². The zero-order chi connectivity index (χ0) is 17.9. The summed E-state index contributed by atoms with van der Waals surface area (Å²) in [5.74, 6) is -1.94. The summed E-state index contributed by atoms with van der Waals surface area (Å²) in [6.45, 7) is 1.19. The Labute approximate surface area is 138 Å². The van der Waals surface area contributed by atoms with Crippen LogP contribution in [0.1, 0.15) is 18.2 Å². The van der Waals surface area contributed by atoms with Gasteiger partial charge in [0.1, 0.15) is 0 Å². The summed E-state index contributed by atoms with van der Waals surface area (Å²) in [6, 6.07) is 4.30. The number of alkyl halides is 3. The molecule has 2 rings (SSSR count). The fraction of sp³-hybridized carbons (Fsp3) is 0.133. The molecule has 0 aliphatic rings. The summed E-state index contributed by atoms with van der Waals surface area (Å²) in [4.78, 5) is 27.3. The van der Waals surface area contributed by atoms with E-state index < -0.39 is 23.6 Å². The number of hydrogen-bond acceptors (Lipinski definition) is 5. The number of carbonyl (C=O) groups excluding carboxylic acids is 2. The van der Waals surface area contributed by atoms with Crippen LogP contribution in [0.15, 0.2) is 35.7 Å². The van der Waals surface area contributed by atoms with Crippen molar-refractivity contribution < 1.29 is 27.9 Å². The topological polar surface area (TPSA) is 73.3 Å². The molecule has 0 bridgehead atoms. The maximum Gasteiger partial charge on any atom is 0.416 e. The van der Waals surface area contributed by atoms with E-state index in [2.05, 4.69) is 4.98 Å². The zero-order valence-corrected chi connectivity index (χ0v) is 13.0. The monoisotopic (exact) mass is 355 g/mol. The molecule has 9 heteroatoms. The van der Waals surface area contributed by atoms with Gasteiger partial charge in [0.25, 0.3) is 0 Å². The number of nitrogens with zero attached hydrogens (tertiary/aromatic N) is 2. The Hall–Kier alpha value is -2.68. The molecule has 1 heterocycles. The van der Waals surface area contributed by atoms with E-state index in [-0.39, 0.29) is 16.5 Å². The molecule has 1 amide bonds. The number of aliphatic carboxylic acids is 1. The predicted octanol–water partition coefficient (Wildman–Crippen LogP) is 2.61. The van der Waals surface area contributed by atoms with Gasteiger partial charge in [0.2, 0.25) is 5.91 Å². The molecule has 0 spiro atoms. The highest BCUT2D eigenvalue weighted by atomic mass is 32.1. The molecule has 0 fully saturated rings. The highest BCUT2D eigenvalue weighted by Crippen LogP contribution is 2.34. The van der Waals surface area contributed by atoms with Crippen molar-refractivity contribution in [2.75, 3.05) is 4.90 Å². The number of carboxylic acids is 1. The highest BCUT2D eigenvalue weighted by molar-refractivity contribution is 7.14. The second kappa shape index (κ2) is 6.83. The number of carboxylic acid groups (broad SMARTS) is 1. The first-order valence-electron chi connectivity index (χ1n) is 6.51. The maximum atomic E-state index is 12.8. The molecule has 0 N–H and O–H groups in total. The van der Waals surface area contributed by atoms with Gasteiger partial charge < -0.3 is 9.90 Å². The molecule has 126 valence electrons. The number of amides is 1. The Morgan fingerprint density at radius 2 is 2.04 bits per heavy atom. The third-order valence-corrected chi connectivity index (χ3v) is 3.68. The molecule has 0 aliphatic heterocycles. The van der Waals surface area contributed by atoms with E-state index in [1.165, 1.54) is 30.5 Å². The molecule has 0 saturated heterocycles. The SMILES string of the molecule is CC(=O)N(c1cccc(C(F)(F)F)c1)c1nc(/C=C/C(=O)[O-])cs1. The van der Waals surface area contributed by atoms with Crippen LogP contribution in [0.4, 0.5) is 24.0 Å². The number of aromatic nitrogens is 1. The first-order valence-corrected chi connectivity index (χ1v) is 7.39. The summed E-state index contributed by atoms with van der Waals surface area (Å²) in [5.41, 5.74) is -0.626. The molecule has 0 radical (unpaired) electrons. The van der Waals surface area contributed by atoms with Gasteiger partial charge in [-0.1, -0.05) is 6.07 Å². The quantitative estimate of drug-likeness (QED) is 0.791. The van der Waals surface area contributed by atoms with E-state index in [0.29, 0.717) is 0 Å². The standard InChI is InChI=1S/C15H11F3N2O3S/c1-9(21)20(12-4-2-3-10(7-12)15(16,17)18)14-19-11(8-24-14)5-6-13(22)23/h2-8H,1H3,(H,22,23)/p-1/b6-5+. The maximum absolute atomic E-state index is 12.8. The Kier molecular flexibility index (Phi) is 5.03. The largest absolute Gasteiger partial charge is 0.545 e. The van der Waals surface area contributed by atoms with E-state index >= 15 is 0 Å². The summed E-state index contributed by atoms with van der Waals surface area (Å²) in [5, 5.41) is 12.0. The van der Waals surface area contributed by atoms with Gasteiger partial charge in [0, 0.05) is 12.3 Å². The summed E-state index contributed by atoms with van der Waals surface area (Å²) in [7, 11) is 0. The van der Waals surface area contributed by atoms with Gasteiger partial charge in [-0.15, -0.1) is 11.3 Å². The number of hydrogen-bond donors (Lipinski definition) is 0. The molecule has 2 aromatic rings. The molecular weight excluding hydrogens is 345 g/mol. The second-order valence-electron chi connectivity index (χ2n) is 4.61. The molecule has 0 atom stereocenters. The number of rotatable bonds is 4. The minimum atomic E-state index is -4.54. The summed E-state index contributed by atoms with van der Waals surface area (Å²) >= 11 is 0.994. The van der Waals surface area contributed by atoms with E-state index in [9.17, 15) is 27.9 Å². The smallest absolute Gasteiger partial charge is 0.416 e. The Morgan fingerprint density at radius 1 is 1.33 bits per heavy atom. The highest BCUT2D eigenvalue weighted by Gasteiger charge is 2.31. The van der Waals surface area contributed by atoms with Gasteiger partial charge in [0.05, 0.1) is 22.9 Å². The van der Waals surface area contributed by atoms with Crippen LogP contribution in [-0.4, -0.2) is 16.9 Å². The van der Waals surface area contributed by atoms with Crippen molar-refractivity contribution >= 4 is 40.1 Å². The molecular formula is C15H10F3N2O3S-. The van der Waals surface area contributed by atoms with Gasteiger partial charge in [-0.05, 0) is 30.4 Å². The van der Waals surface area contributed by atoms with Crippen LogP contribution in [0, 0.1) is 0 Å². The van der Waals surface area contributed by atoms with Crippen LogP contribution in [0.5, 0.6) is 0 Å². The van der Waals surface area contributed by atoms with Gasteiger partial charge in [0.15, 0.2) is 5.13 Å². The van der Waals surface area contributed by atoms with Crippen LogP contribution < -0.4 is 10.0 Å². The van der Waals surface area contributed by atoms with E-state index in [1.807, 2.05) is 0 Å². The minimum Gasteiger partial charge on any atom is -0.545 e. The Balaban J connectivity index is 2.41. The van der Waals surface area contributed by atoms with Crippen molar-refractivity contribution in [1.82, 2.24) is 4.98 Å². The van der Waals surface area contributed by atoms with E-state index in [4.69, 9.17) is 0 Å². The molecule has 0 saturated carbocycles. The molecule has 0 unspecified atom stereocenters. The number of carbonyl (C=O) groups is 2. The lowest BCUT2D eigenvalue weighted by Crippen LogP contribution is -2.23. The predicted molar refractivity (Wildman–Crippen MR) is 80.4 cm³/mol. The molecule has 24 heavy (non-hydrogen) atoms. The normalized spacial score (nSPS) is 11.7. The fourth-order valence-electron chi connectivity index (χ4n) is 1.86. The third-order valence-electron chi connectivity index (χ3n) is 2.84. The van der Waals surface area contributed by atoms with E-state index in [0.717, 1.165) is 34.4 Å². The third kappa shape index (κ3) is 4.19. The average Bonchev–Trinajstić information content (AvgIpc) is 2.93. The Morgan fingerprint density at radius 3 is 2.62 bits per heavy atom. The van der Waals surface area contributed by atoms with Crippen molar-refractivity contribution in [3.8, 4) is 0 Å². The number of anilines is 2. The summed E-state index contributed by atoms with van der Waals surface area (Å²) in [6.07, 6.45) is -2.61. The van der Waals surface area contributed by atoms with Crippen LogP contribution >= 0.6 is 11.3 Å². The van der Waals surface area contributed by atoms with Gasteiger partial charge >= 0.3 is 6.18 Å². The lowest BCUT2D eigenvalue weighted by atomic mass is 10.2. The molecule has 0 aliphatic carbocycles. The number of halogens is 3. The lowest BCUT2D eigenvalue weighted by molar-refractivity contribution is -0.297. The summed E-state index contributed by atoms with van der Waals surface area (Å²) < 4.78 is 38.5. The van der Waals surface area contributed by atoms with Crippen molar-refractivity contribution in [2.24, 2.45) is 0 Å². The van der Waals surface area contributed by atoms with Crippen molar-refractivity contribution in [3.63, 3.8) is 0 Å². The van der Waals surface area contributed by atoms with Crippen molar-refractivity contribution in [3.05, 3.63) is 47.0 Å². The van der Waals surface area contributed by atoms with Crippen LogP contribution in [0.3, 0.4) is 0 Å². The van der Waals surface area contributed by atoms with Gasteiger partial charge in [-0.25, -0.2) is 4.98 Å². The fourth-order valence-corrected chi connectivity index (χ4v) is 2.71. The lowest BCUT2D eigenvalue weighted by Gasteiger charge is -2.19. The zero-order valence-electron chi connectivity index (χ0n) is 12.2. The van der Waals surface area contributed by atoms with Gasteiger partial charge in [-0.2, -0.15) is 13.2 Å². The first-order chi connectivity index (χ1) is 11.2. The second-order valence-corrected chi connectivity index (χ2v) is 5.45. The molecule has 1 aromatic carbocycles. The number of thiazole rings is 1. The van der Waals surface area contributed by atoms with Crippen LogP contribution in [0.25, 0.3) is 6.08 Å². The van der Waals surface area contributed by atoms with Gasteiger partial charge in [-0.3, -0.25) is 9.69 Å². The number of benzene rings is 1. The average molecular weight is 355 g/mol.